The molecule has 0 spiro atoms. The summed E-state index contributed by atoms with van der Waals surface area (Å²) < 4.78 is 13.0. The van der Waals surface area contributed by atoms with Crippen LogP contribution in [-0.2, 0) is 24.1 Å². The van der Waals surface area contributed by atoms with Crippen molar-refractivity contribution >= 4 is 22.9 Å². The Labute approximate surface area is 156 Å². The van der Waals surface area contributed by atoms with Crippen molar-refractivity contribution in [2.24, 2.45) is 0 Å². The van der Waals surface area contributed by atoms with Crippen LogP contribution in [0.4, 0.5) is 10.1 Å². The molecule has 3 aromatic rings. The lowest BCUT2D eigenvalue weighted by Crippen LogP contribution is -2.17. The number of hydrogen-bond acceptors (Lipinski definition) is 3. The molecule has 0 aliphatic heterocycles. The minimum Gasteiger partial charge on any atom is -0.325 e. The molecule has 3 nitrogen and oxygen atoms in total. The Morgan fingerprint density at radius 3 is 2.35 bits per heavy atom. The third-order valence-corrected chi connectivity index (χ3v) is 5.19. The normalized spacial score (nSPS) is 10.7. The smallest absolute Gasteiger partial charge is 0.230 e. The molecule has 134 valence electrons. The van der Waals surface area contributed by atoms with E-state index in [0.717, 1.165) is 45.9 Å². The van der Waals surface area contributed by atoms with Gasteiger partial charge in [0, 0.05) is 16.6 Å². The van der Waals surface area contributed by atoms with Crippen LogP contribution in [0.25, 0.3) is 10.6 Å². The molecular formula is C21H21FN2OS. The van der Waals surface area contributed by atoms with Gasteiger partial charge in [-0.2, -0.15) is 0 Å². The molecule has 5 heteroatoms. The van der Waals surface area contributed by atoms with E-state index in [0.29, 0.717) is 0 Å². The first kappa shape index (κ1) is 18.3. The molecule has 0 saturated carbocycles. The molecule has 0 aliphatic rings. The van der Waals surface area contributed by atoms with Gasteiger partial charge in [0.1, 0.15) is 10.8 Å². The number of nitrogens with zero attached hydrogens (tertiary/aromatic N) is 1. The van der Waals surface area contributed by atoms with Crippen LogP contribution >= 0.6 is 11.3 Å². The highest BCUT2D eigenvalue weighted by Crippen LogP contribution is 2.25. The van der Waals surface area contributed by atoms with Gasteiger partial charge in [0.2, 0.25) is 5.91 Å². The first-order valence-electron chi connectivity index (χ1n) is 8.71. The molecule has 1 amide bonds. The second kappa shape index (κ2) is 8.23. The van der Waals surface area contributed by atoms with E-state index < -0.39 is 0 Å². The number of amides is 1. The summed E-state index contributed by atoms with van der Waals surface area (Å²) in [5.41, 5.74) is 4.79. The number of aryl methyl sites for hydroxylation is 2. The van der Waals surface area contributed by atoms with Gasteiger partial charge in [-0.15, -0.1) is 11.3 Å². The molecule has 0 unspecified atom stereocenters. The van der Waals surface area contributed by atoms with Crippen molar-refractivity contribution in [3.8, 4) is 10.6 Å². The Balaban J connectivity index is 1.73. The van der Waals surface area contributed by atoms with Crippen molar-refractivity contribution in [2.45, 2.75) is 33.1 Å². The Kier molecular flexibility index (Phi) is 5.78. The molecular weight excluding hydrogens is 347 g/mol. The first-order valence-corrected chi connectivity index (χ1v) is 9.59. The van der Waals surface area contributed by atoms with Gasteiger partial charge < -0.3 is 5.32 Å². The average molecular weight is 368 g/mol. The molecule has 0 fully saturated rings. The van der Waals surface area contributed by atoms with Crippen molar-refractivity contribution in [1.82, 2.24) is 4.98 Å². The Hall–Kier alpha value is -2.53. The Bertz CT molecular complexity index is 880. The minimum atomic E-state index is -0.272. The number of nitrogens with one attached hydrogen (secondary N) is 1. The second-order valence-electron chi connectivity index (χ2n) is 6.03. The van der Waals surface area contributed by atoms with E-state index in [4.69, 9.17) is 0 Å². The summed E-state index contributed by atoms with van der Waals surface area (Å²) in [6.07, 6.45) is 1.96. The second-order valence-corrected chi connectivity index (χ2v) is 6.89. The molecule has 0 bridgehead atoms. The molecule has 1 aromatic heterocycles. The summed E-state index contributed by atoms with van der Waals surface area (Å²) in [5.74, 6) is -0.345. The lowest BCUT2D eigenvalue weighted by molar-refractivity contribution is -0.115. The standard InChI is InChI=1S/C21H21FN2OS/c1-3-14-6-5-7-15(4-2)20(14)24-19(25)12-18-13-26-21(23-18)16-8-10-17(22)11-9-16/h5-11,13H,3-4,12H2,1-2H3,(H,24,25). The zero-order valence-corrected chi connectivity index (χ0v) is 15.7. The number of hydrogen-bond donors (Lipinski definition) is 1. The van der Waals surface area contributed by atoms with Crippen LogP contribution in [0.5, 0.6) is 0 Å². The highest BCUT2D eigenvalue weighted by atomic mass is 32.1. The maximum Gasteiger partial charge on any atom is 0.230 e. The van der Waals surface area contributed by atoms with Crippen LogP contribution in [0, 0.1) is 5.82 Å². The van der Waals surface area contributed by atoms with Crippen molar-refractivity contribution in [2.75, 3.05) is 5.32 Å². The fourth-order valence-corrected chi connectivity index (χ4v) is 3.69. The average Bonchev–Trinajstić information content (AvgIpc) is 3.10. The molecule has 0 radical (unpaired) electrons. The number of carbonyl (C=O) groups excluding carboxylic acids is 1. The molecule has 1 heterocycles. The number of halogens is 1. The van der Waals surface area contributed by atoms with Gasteiger partial charge in [-0.05, 0) is 48.2 Å². The summed E-state index contributed by atoms with van der Waals surface area (Å²) in [6, 6.07) is 12.3. The van der Waals surface area contributed by atoms with Crippen LogP contribution < -0.4 is 5.32 Å². The van der Waals surface area contributed by atoms with Crippen LogP contribution in [-0.4, -0.2) is 10.9 Å². The maximum absolute atomic E-state index is 13.0. The fraction of sp³-hybridized carbons (Fsp3) is 0.238. The molecule has 3 rings (SSSR count). The van der Waals surface area contributed by atoms with E-state index in [-0.39, 0.29) is 18.1 Å². The van der Waals surface area contributed by atoms with Gasteiger partial charge in [-0.1, -0.05) is 32.0 Å². The molecule has 26 heavy (non-hydrogen) atoms. The quantitative estimate of drug-likeness (QED) is 0.645. The van der Waals surface area contributed by atoms with Gasteiger partial charge in [-0.25, -0.2) is 9.37 Å². The predicted octanol–water partition coefficient (Wildman–Crippen LogP) is 5.26. The van der Waals surface area contributed by atoms with Gasteiger partial charge in [0.15, 0.2) is 0 Å². The third-order valence-electron chi connectivity index (χ3n) is 4.25. The lowest BCUT2D eigenvalue weighted by Gasteiger charge is -2.14. The molecule has 0 saturated heterocycles. The lowest BCUT2D eigenvalue weighted by atomic mass is 10.0. The first-order chi connectivity index (χ1) is 12.6. The van der Waals surface area contributed by atoms with Gasteiger partial charge in [-0.3, -0.25) is 4.79 Å². The zero-order chi connectivity index (χ0) is 18.5. The van der Waals surface area contributed by atoms with E-state index >= 15 is 0 Å². The summed E-state index contributed by atoms with van der Waals surface area (Å²) in [7, 11) is 0. The third kappa shape index (κ3) is 4.17. The van der Waals surface area contributed by atoms with Crippen molar-refractivity contribution < 1.29 is 9.18 Å². The number of carbonyl (C=O) groups is 1. The van der Waals surface area contributed by atoms with Crippen LogP contribution in [0.3, 0.4) is 0 Å². The number of anilines is 1. The van der Waals surface area contributed by atoms with Crippen LogP contribution in [0.1, 0.15) is 30.7 Å². The van der Waals surface area contributed by atoms with E-state index in [9.17, 15) is 9.18 Å². The van der Waals surface area contributed by atoms with Crippen molar-refractivity contribution in [3.63, 3.8) is 0 Å². The SMILES string of the molecule is CCc1cccc(CC)c1NC(=O)Cc1csc(-c2ccc(F)cc2)n1. The Morgan fingerprint density at radius 2 is 1.73 bits per heavy atom. The topological polar surface area (TPSA) is 42.0 Å². The fourth-order valence-electron chi connectivity index (χ4n) is 2.86. The highest BCUT2D eigenvalue weighted by molar-refractivity contribution is 7.13. The summed E-state index contributed by atoms with van der Waals surface area (Å²) in [4.78, 5) is 17.0. The number of thiazole rings is 1. The van der Waals surface area contributed by atoms with Crippen molar-refractivity contribution in [1.29, 1.82) is 0 Å². The van der Waals surface area contributed by atoms with Crippen LogP contribution in [0.2, 0.25) is 0 Å². The molecule has 0 atom stereocenters. The predicted molar refractivity (Wildman–Crippen MR) is 105 cm³/mol. The number of para-hydroxylation sites is 1. The highest BCUT2D eigenvalue weighted by Gasteiger charge is 2.13. The molecule has 1 N–H and O–H groups in total. The zero-order valence-electron chi connectivity index (χ0n) is 14.9. The summed E-state index contributed by atoms with van der Waals surface area (Å²) in [6.45, 7) is 4.17. The maximum atomic E-state index is 13.0. The van der Waals surface area contributed by atoms with E-state index in [2.05, 4.69) is 24.1 Å². The number of aromatic nitrogens is 1. The van der Waals surface area contributed by atoms with Crippen LogP contribution in [0.15, 0.2) is 47.8 Å². The number of benzene rings is 2. The monoisotopic (exact) mass is 368 g/mol. The Morgan fingerprint density at radius 1 is 1.08 bits per heavy atom. The minimum absolute atomic E-state index is 0.0726. The summed E-state index contributed by atoms with van der Waals surface area (Å²) >= 11 is 1.46. The van der Waals surface area contributed by atoms with E-state index in [1.165, 1.54) is 23.5 Å². The summed E-state index contributed by atoms with van der Waals surface area (Å²) in [5, 5.41) is 5.73. The molecule has 2 aromatic carbocycles. The van der Waals surface area contributed by atoms with Crippen molar-refractivity contribution in [3.05, 3.63) is 70.5 Å². The number of rotatable bonds is 6. The largest absolute Gasteiger partial charge is 0.325 e. The van der Waals surface area contributed by atoms with Gasteiger partial charge >= 0.3 is 0 Å². The molecule has 0 aliphatic carbocycles. The van der Waals surface area contributed by atoms with E-state index in [1.807, 2.05) is 23.6 Å². The van der Waals surface area contributed by atoms with Gasteiger partial charge in [0.25, 0.3) is 0 Å². The van der Waals surface area contributed by atoms with E-state index in [1.54, 1.807) is 12.1 Å². The van der Waals surface area contributed by atoms with Gasteiger partial charge in [0.05, 0.1) is 12.1 Å².